The van der Waals surface area contributed by atoms with Gasteiger partial charge in [0, 0.05) is 25.2 Å². The lowest BCUT2D eigenvalue weighted by molar-refractivity contribution is -0.334. The van der Waals surface area contributed by atoms with Crippen LogP contribution in [0.2, 0.25) is 0 Å². The highest BCUT2D eigenvalue weighted by Crippen LogP contribution is 2.55. The van der Waals surface area contributed by atoms with Gasteiger partial charge in [-0.05, 0) is 24.5 Å². The minimum absolute atomic E-state index is 0.160. The SMILES string of the molecule is Nc1ccccc1CCC(=O)N1CCC(C(F)(F)F)(C(F)(F)F)C1. The topological polar surface area (TPSA) is 46.3 Å². The summed E-state index contributed by atoms with van der Waals surface area (Å²) in [5.41, 5.74) is 2.90. The van der Waals surface area contributed by atoms with E-state index in [0.717, 1.165) is 0 Å². The molecule has 1 amide bonds. The van der Waals surface area contributed by atoms with Gasteiger partial charge in [0.2, 0.25) is 5.91 Å². The maximum absolute atomic E-state index is 13.0. The maximum Gasteiger partial charge on any atom is 0.404 e. The van der Waals surface area contributed by atoms with E-state index in [9.17, 15) is 31.1 Å². The first-order valence-electron chi connectivity index (χ1n) is 7.22. The Bertz CT molecular complexity index is 597. The van der Waals surface area contributed by atoms with E-state index in [1.165, 1.54) is 0 Å². The van der Waals surface area contributed by atoms with Gasteiger partial charge in [0.25, 0.3) is 0 Å². The Balaban J connectivity index is 2.06. The van der Waals surface area contributed by atoms with Gasteiger partial charge in [0.1, 0.15) is 0 Å². The van der Waals surface area contributed by atoms with E-state index in [1.54, 1.807) is 24.3 Å². The van der Waals surface area contributed by atoms with Gasteiger partial charge in [-0.1, -0.05) is 18.2 Å². The Morgan fingerprint density at radius 3 is 2.21 bits per heavy atom. The van der Waals surface area contributed by atoms with E-state index < -0.39 is 43.2 Å². The van der Waals surface area contributed by atoms with Crippen molar-refractivity contribution in [3.05, 3.63) is 29.8 Å². The fraction of sp³-hybridized carbons (Fsp3) is 0.533. The Morgan fingerprint density at radius 1 is 1.12 bits per heavy atom. The van der Waals surface area contributed by atoms with Crippen LogP contribution in [-0.4, -0.2) is 36.2 Å². The lowest BCUT2D eigenvalue weighted by Gasteiger charge is -2.33. The van der Waals surface area contributed by atoms with Gasteiger partial charge in [0.05, 0.1) is 0 Å². The Hall–Kier alpha value is -1.93. The van der Waals surface area contributed by atoms with Crippen LogP contribution in [0.15, 0.2) is 24.3 Å². The number of carbonyl (C=O) groups is 1. The largest absolute Gasteiger partial charge is 0.404 e. The zero-order valence-corrected chi connectivity index (χ0v) is 12.5. The molecule has 1 heterocycles. The number of amides is 1. The maximum atomic E-state index is 13.0. The summed E-state index contributed by atoms with van der Waals surface area (Å²) >= 11 is 0. The molecule has 2 N–H and O–H groups in total. The number of nitrogens with zero attached hydrogens (tertiary/aromatic N) is 1. The molecule has 2 rings (SSSR count). The van der Waals surface area contributed by atoms with Crippen molar-refractivity contribution < 1.29 is 31.1 Å². The number of aryl methyl sites for hydroxylation is 1. The first-order valence-corrected chi connectivity index (χ1v) is 7.22. The second-order valence-electron chi connectivity index (χ2n) is 5.84. The molecule has 0 unspecified atom stereocenters. The molecule has 1 aliphatic heterocycles. The molecule has 1 saturated heterocycles. The van der Waals surface area contributed by atoms with Gasteiger partial charge >= 0.3 is 12.4 Å². The molecule has 134 valence electrons. The van der Waals surface area contributed by atoms with Crippen LogP contribution in [-0.2, 0) is 11.2 Å². The molecule has 24 heavy (non-hydrogen) atoms. The van der Waals surface area contributed by atoms with E-state index in [2.05, 4.69) is 0 Å². The van der Waals surface area contributed by atoms with Crippen molar-refractivity contribution in [3.63, 3.8) is 0 Å². The van der Waals surface area contributed by atoms with Crippen molar-refractivity contribution in [1.82, 2.24) is 4.90 Å². The minimum Gasteiger partial charge on any atom is -0.399 e. The van der Waals surface area contributed by atoms with Crippen molar-refractivity contribution in [2.75, 3.05) is 18.8 Å². The number of nitrogens with two attached hydrogens (primary N) is 1. The summed E-state index contributed by atoms with van der Waals surface area (Å²) in [6, 6.07) is 6.63. The first kappa shape index (κ1) is 18.4. The van der Waals surface area contributed by atoms with Crippen LogP contribution in [0.5, 0.6) is 0 Å². The van der Waals surface area contributed by atoms with Crippen LogP contribution in [0.3, 0.4) is 0 Å². The molecule has 0 spiro atoms. The van der Waals surface area contributed by atoms with Crippen molar-refractivity contribution in [3.8, 4) is 0 Å². The van der Waals surface area contributed by atoms with Crippen LogP contribution < -0.4 is 5.73 Å². The summed E-state index contributed by atoms with van der Waals surface area (Å²) in [5.74, 6) is -0.742. The summed E-state index contributed by atoms with van der Waals surface area (Å²) < 4.78 is 77.9. The first-order chi connectivity index (χ1) is 11.0. The number of para-hydroxylation sites is 1. The molecule has 0 atom stereocenters. The van der Waals surface area contributed by atoms with Gasteiger partial charge in [0.15, 0.2) is 5.41 Å². The smallest absolute Gasteiger partial charge is 0.399 e. The molecule has 9 heteroatoms. The quantitative estimate of drug-likeness (QED) is 0.667. The number of nitrogen functional groups attached to an aromatic ring is 1. The fourth-order valence-corrected chi connectivity index (χ4v) is 2.81. The highest BCUT2D eigenvalue weighted by molar-refractivity contribution is 5.77. The molecular weight excluding hydrogens is 338 g/mol. The number of likely N-dealkylation sites (tertiary alicyclic amines) is 1. The van der Waals surface area contributed by atoms with Crippen LogP contribution in [0.4, 0.5) is 32.0 Å². The standard InChI is InChI=1S/C15H16F6N2O/c16-14(17,18)13(15(19,20)21)7-8-23(9-13)12(24)6-5-10-3-1-2-4-11(10)22/h1-4H,5-9,22H2. The Labute approximate surface area is 134 Å². The van der Waals surface area contributed by atoms with Gasteiger partial charge in [-0.15, -0.1) is 0 Å². The molecule has 1 fully saturated rings. The number of hydrogen-bond acceptors (Lipinski definition) is 2. The number of carbonyl (C=O) groups excluding carboxylic acids is 1. The van der Waals surface area contributed by atoms with Crippen molar-refractivity contribution in [2.45, 2.75) is 31.6 Å². The van der Waals surface area contributed by atoms with Crippen LogP contribution in [0, 0.1) is 5.41 Å². The Morgan fingerprint density at radius 2 is 1.71 bits per heavy atom. The number of alkyl halides is 6. The molecule has 0 aliphatic carbocycles. The van der Waals surface area contributed by atoms with Crippen LogP contribution in [0.1, 0.15) is 18.4 Å². The molecule has 0 radical (unpaired) electrons. The average Bonchev–Trinajstić information content (AvgIpc) is 2.92. The number of hydrogen-bond donors (Lipinski definition) is 1. The Kier molecular flexibility index (Phi) is 4.74. The summed E-state index contributed by atoms with van der Waals surface area (Å²) in [6.07, 6.45) is -12.1. The highest BCUT2D eigenvalue weighted by Gasteiger charge is 2.72. The number of rotatable bonds is 3. The minimum atomic E-state index is -5.45. The number of anilines is 1. The van der Waals surface area contributed by atoms with Gasteiger partial charge in [-0.3, -0.25) is 4.79 Å². The van der Waals surface area contributed by atoms with Crippen LogP contribution in [0.25, 0.3) is 0 Å². The second kappa shape index (κ2) is 6.18. The highest BCUT2D eigenvalue weighted by atomic mass is 19.4. The van der Waals surface area contributed by atoms with Crippen molar-refractivity contribution in [1.29, 1.82) is 0 Å². The zero-order valence-electron chi connectivity index (χ0n) is 12.5. The zero-order chi connectivity index (χ0) is 18.2. The third-order valence-corrected chi connectivity index (χ3v) is 4.37. The molecule has 0 aromatic heterocycles. The molecule has 1 aromatic carbocycles. The predicted octanol–water partition coefficient (Wildman–Crippen LogP) is 3.54. The molecule has 0 bridgehead atoms. The summed E-state index contributed by atoms with van der Waals surface area (Å²) in [6.45, 7) is -1.95. The number of halogens is 6. The van der Waals surface area contributed by atoms with E-state index in [-0.39, 0.29) is 12.8 Å². The molecule has 3 nitrogen and oxygen atoms in total. The molecule has 0 saturated carbocycles. The normalized spacial score (nSPS) is 18.0. The second-order valence-corrected chi connectivity index (χ2v) is 5.84. The number of benzene rings is 1. The van der Waals surface area contributed by atoms with E-state index in [1.807, 2.05) is 0 Å². The van der Waals surface area contributed by atoms with Gasteiger partial charge < -0.3 is 10.6 Å². The third kappa shape index (κ3) is 3.29. The van der Waals surface area contributed by atoms with E-state index in [4.69, 9.17) is 5.73 Å². The molecule has 1 aliphatic rings. The predicted molar refractivity (Wildman–Crippen MR) is 74.9 cm³/mol. The lowest BCUT2D eigenvalue weighted by atomic mass is 9.85. The van der Waals surface area contributed by atoms with E-state index >= 15 is 0 Å². The fourth-order valence-electron chi connectivity index (χ4n) is 2.81. The van der Waals surface area contributed by atoms with Gasteiger partial charge in [-0.25, -0.2) is 0 Å². The monoisotopic (exact) mass is 354 g/mol. The summed E-state index contributed by atoms with van der Waals surface area (Å²) in [5, 5.41) is 0. The molecular formula is C15H16F6N2O. The molecule has 1 aromatic rings. The van der Waals surface area contributed by atoms with Crippen molar-refractivity contribution >= 4 is 11.6 Å². The lowest BCUT2D eigenvalue weighted by Crippen LogP contribution is -2.52. The summed E-state index contributed by atoms with van der Waals surface area (Å²) in [4.78, 5) is 12.7. The summed E-state index contributed by atoms with van der Waals surface area (Å²) in [7, 11) is 0. The van der Waals surface area contributed by atoms with Crippen LogP contribution >= 0.6 is 0 Å². The average molecular weight is 354 g/mol. The van der Waals surface area contributed by atoms with E-state index in [0.29, 0.717) is 16.2 Å². The van der Waals surface area contributed by atoms with Gasteiger partial charge in [-0.2, -0.15) is 26.3 Å². The van der Waals surface area contributed by atoms with Crippen molar-refractivity contribution in [2.24, 2.45) is 5.41 Å². The third-order valence-electron chi connectivity index (χ3n) is 4.37.